The second kappa shape index (κ2) is 6.39. The molecule has 0 bridgehead atoms. The third-order valence-electron chi connectivity index (χ3n) is 3.90. The van der Waals surface area contributed by atoms with Gasteiger partial charge in [0, 0.05) is 23.8 Å². The fourth-order valence-corrected chi connectivity index (χ4v) is 2.94. The number of rotatable bonds is 3. The van der Waals surface area contributed by atoms with Crippen molar-refractivity contribution in [3.8, 4) is 0 Å². The van der Waals surface area contributed by atoms with E-state index in [-0.39, 0.29) is 5.91 Å². The van der Waals surface area contributed by atoms with Crippen molar-refractivity contribution in [2.75, 3.05) is 13.1 Å². The van der Waals surface area contributed by atoms with Crippen molar-refractivity contribution in [2.24, 2.45) is 0 Å². The Morgan fingerprint density at radius 1 is 1.24 bits per heavy atom. The van der Waals surface area contributed by atoms with E-state index in [1.165, 1.54) is 0 Å². The number of halogens is 1. The van der Waals surface area contributed by atoms with Crippen LogP contribution in [0.15, 0.2) is 41.1 Å². The van der Waals surface area contributed by atoms with Crippen LogP contribution in [0.4, 0.5) is 0 Å². The number of amides is 1. The van der Waals surface area contributed by atoms with E-state index in [9.17, 15) is 4.79 Å². The van der Waals surface area contributed by atoms with E-state index in [2.05, 4.69) is 26.2 Å². The maximum atomic E-state index is 12.3. The molecule has 0 saturated carbocycles. The van der Waals surface area contributed by atoms with Gasteiger partial charge in [-0.25, -0.2) is 4.68 Å². The van der Waals surface area contributed by atoms with Gasteiger partial charge in [-0.2, -0.15) is 0 Å². The van der Waals surface area contributed by atoms with Gasteiger partial charge in [0.15, 0.2) is 0 Å². The summed E-state index contributed by atoms with van der Waals surface area (Å²) in [6.45, 7) is 1.58. The summed E-state index contributed by atoms with van der Waals surface area (Å²) in [5.41, 5.74) is 1.06. The maximum Gasteiger partial charge on any atom is 0.226 e. The maximum absolute atomic E-state index is 12.3. The Morgan fingerprint density at radius 2 is 1.95 bits per heavy atom. The minimum Gasteiger partial charge on any atom is -0.342 e. The van der Waals surface area contributed by atoms with Gasteiger partial charge in [-0.15, -0.1) is 5.10 Å². The van der Waals surface area contributed by atoms with Crippen molar-refractivity contribution in [2.45, 2.75) is 25.3 Å². The van der Waals surface area contributed by atoms with Gasteiger partial charge in [-0.1, -0.05) is 33.3 Å². The van der Waals surface area contributed by atoms with Crippen LogP contribution >= 0.6 is 15.9 Å². The Hall–Kier alpha value is -1.69. The Labute approximate surface area is 132 Å². The summed E-state index contributed by atoms with van der Waals surface area (Å²) in [5.74, 6) is 0.203. The molecule has 1 aromatic heterocycles. The van der Waals surface area contributed by atoms with E-state index in [0.29, 0.717) is 12.5 Å². The minimum atomic E-state index is 0.203. The van der Waals surface area contributed by atoms with E-state index in [1.807, 2.05) is 40.0 Å². The molecule has 110 valence electrons. The van der Waals surface area contributed by atoms with Crippen LogP contribution in [-0.2, 0) is 11.2 Å². The van der Waals surface area contributed by atoms with Gasteiger partial charge in [-0.3, -0.25) is 4.79 Å². The van der Waals surface area contributed by atoms with Gasteiger partial charge < -0.3 is 4.90 Å². The van der Waals surface area contributed by atoms with Crippen LogP contribution in [0.5, 0.6) is 0 Å². The highest BCUT2D eigenvalue weighted by Gasteiger charge is 2.24. The van der Waals surface area contributed by atoms with E-state index < -0.39 is 0 Å². The molecule has 1 aliphatic heterocycles. The monoisotopic (exact) mass is 348 g/mol. The number of piperidine rings is 1. The van der Waals surface area contributed by atoms with Crippen LogP contribution in [0, 0.1) is 0 Å². The molecular weight excluding hydrogens is 332 g/mol. The van der Waals surface area contributed by atoms with Crippen LogP contribution in [-0.4, -0.2) is 38.9 Å². The minimum absolute atomic E-state index is 0.203. The first kappa shape index (κ1) is 14.3. The van der Waals surface area contributed by atoms with Crippen molar-refractivity contribution in [3.05, 3.63) is 46.7 Å². The number of aromatic nitrogens is 3. The van der Waals surface area contributed by atoms with Crippen molar-refractivity contribution in [3.63, 3.8) is 0 Å². The Balaban J connectivity index is 1.54. The molecule has 0 unspecified atom stereocenters. The molecule has 1 aliphatic rings. The molecule has 1 amide bonds. The van der Waals surface area contributed by atoms with Crippen molar-refractivity contribution in [1.82, 2.24) is 19.9 Å². The summed E-state index contributed by atoms with van der Waals surface area (Å²) in [5, 5.41) is 7.89. The third kappa shape index (κ3) is 3.50. The molecular formula is C15H17BrN4O. The molecule has 6 heteroatoms. The molecule has 1 fully saturated rings. The van der Waals surface area contributed by atoms with Crippen LogP contribution < -0.4 is 0 Å². The number of benzene rings is 1. The van der Waals surface area contributed by atoms with E-state index >= 15 is 0 Å². The lowest BCUT2D eigenvalue weighted by molar-refractivity contribution is -0.131. The fourth-order valence-electron chi connectivity index (χ4n) is 2.68. The lowest BCUT2D eigenvalue weighted by Gasteiger charge is -2.32. The van der Waals surface area contributed by atoms with Crippen molar-refractivity contribution >= 4 is 21.8 Å². The first-order valence-electron chi connectivity index (χ1n) is 7.10. The van der Waals surface area contributed by atoms with Gasteiger partial charge in [0.1, 0.15) is 0 Å². The predicted molar refractivity (Wildman–Crippen MR) is 82.7 cm³/mol. The van der Waals surface area contributed by atoms with E-state index in [1.54, 1.807) is 6.20 Å². The number of likely N-dealkylation sites (tertiary alicyclic amines) is 1. The summed E-state index contributed by atoms with van der Waals surface area (Å²) in [7, 11) is 0. The summed E-state index contributed by atoms with van der Waals surface area (Å²) in [6.07, 6.45) is 5.95. The molecule has 21 heavy (non-hydrogen) atoms. The van der Waals surface area contributed by atoms with E-state index in [0.717, 1.165) is 36.0 Å². The molecule has 1 aromatic carbocycles. The number of carbonyl (C=O) groups is 1. The summed E-state index contributed by atoms with van der Waals surface area (Å²) >= 11 is 3.41. The highest BCUT2D eigenvalue weighted by Crippen LogP contribution is 2.22. The van der Waals surface area contributed by atoms with Gasteiger partial charge >= 0.3 is 0 Å². The van der Waals surface area contributed by atoms with Crippen LogP contribution in [0.2, 0.25) is 0 Å². The number of hydrogen-bond acceptors (Lipinski definition) is 3. The molecule has 0 N–H and O–H groups in total. The standard InChI is InChI=1S/C15H17BrN4O/c16-13-3-1-12(2-4-13)11-15(21)19-8-5-14(6-9-19)20-10-7-17-18-20/h1-4,7,10,14H,5-6,8-9,11H2. The summed E-state index contributed by atoms with van der Waals surface area (Å²) < 4.78 is 2.93. The predicted octanol–water partition coefficient (Wildman–Crippen LogP) is 2.45. The average molecular weight is 349 g/mol. The van der Waals surface area contributed by atoms with Crippen LogP contribution in [0.3, 0.4) is 0 Å². The zero-order chi connectivity index (χ0) is 14.7. The zero-order valence-electron chi connectivity index (χ0n) is 11.7. The van der Waals surface area contributed by atoms with Crippen molar-refractivity contribution < 1.29 is 4.79 Å². The van der Waals surface area contributed by atoms with Crippen LogP contribution in [0.25, 0.3) is 0 Å². The van der Waals surface area contributed by atoms with Crippen LogP contribution in [0.1, 0.15) is 24.4 Å². The molecule has 1 saturated heterocycles. The molecule has 2 aromatic rings. The Bertz CT molecular complexity index is 589. The molecule has 0 aliphatic carbocycles. The Morgan fingerprint density at radius 3 is 2.57 bits per heavy atom. The first-order chi connectivity index (χ1) is 10.2. The van der Waals surface area contributed by atoms with Gasteiger partial charge in [0.2, 0.25) is 5.91 Å². The zero-order valence-corrected chi connectivity index (χ0v) is 13.2. The first-order valence-corrected chi connectivity index (χ1v) is 7.90. The summed E-state index contributed by atoms with van der Waals surface area (Å²) in [4.78, 5) is 14.3. The van der Waals surface area contributed by atoms with Crippen molar-refractivity contribution in [1.29, 1.82) is 0 Å². The topological polar surface area (TPSA) is 51.0 Å². The average Bonchev–Trinajstić information content (AvgIpc) is 3.04. The summed E-state index contributed by atoms with van der Waals surface area (Å²) in [6, 6.07) is 8.29. The molecule has 3 rings (SSSR count). The van der Waals surface area contributed by atoms with E-state index in [4.69, 9.17) is 0 Å². The smallest absolute Gasteiger partial charge is 0.226 e. The molecule has 2 heterocycles. The van der Waals surface area contributed by atoms with Gasteiger partial charge in [-0.05, 0) is 30.5 Å². The molecule has 0 radical (unpaired) electrons. The number of hydrogen-bond donors (Lipinski definition) is 0. The molecule has 5 nitrogen and oxygen atoms in total. The lowest BCUT2D eigenvalue weighted by Crippen LogP contribution is -2.40. The number of nitrogens with zero attached hydrogens (tertiary/aromatic N) is 4. The largest absolute Gasteiger partial charge is 0.342 e. The highest BCUT2D eigenvalue weighted by atomic mass is 79.9. The van der Waals surface area contributed by atoms with Gasteiger partial charge in [0.05, 0.1) is 18.7 Å². The normalized spacial score (nSPS) is 16.1. The second-order valence-electron chi connectivity index (χ2n) is 5.30. The second-order valence-corrected chi connectivity index (χ2v) is 6.21. The highest BCUT2D eigenvalue weighted by molar-refractivity contribution is 9.10. The number of carbonyl (C=O) groups excluding carboxylic acids is 1. The molecule has 0 spiro atoms. The SMILES string of the molecule is O=C(Cc1ccc(Br)cc1)N1CCC(n2ccnn2)CC1. The quantitative estimate of drug-likeness (QED) is 0.855. The third-order valence-corrected chi connectivity index (χ3v) is 4.43. The lowest BCUT2D eigenvalue weighted by atomic mass is 10.0. The molecule has 0 atom stereocenters. The van der Waals surface area contributed by atoms with Gasteiger partial charge in [0.25, 0.3) is 0 Å². The fraction of sp³-hybridized carbons (Fsp3) is 0.400. The Kier molecular flexibility index (Phi) is 4.34.